The Morgan fingerprint density at radius 3 is 2.44 bits per heavy atom. The lowest BCUT2D eigenvalue weighted by Gasteiger charge is -2.15. The molecule has 25 heavy (non-hydrogen) atoms. The van der Waals surface area contributed by atoms with Crippen LogP contribution < -0.4 is 4.74 Å². The SMILES string of the molecule is COc1ccc(-n2nc(C(=O)N(C)Cc3ccccc3)cc2C)cc1. The van der Waals surface area contributed by atoms with Gasteiger partial charge in [0.1, 0.15) is 5.75 Å². The van der Waals surface area contributed by atoms with Crippen molar-refractivity contribution < 1.29 is 9.53 Å². The predicted octanol–water partition coefficient (Wildman–Crippen LogP) is 3.46. The minimum Gasteiger partial charge on any atom is -0.497 e. The monoisotopic (exact) mass is 335 g/mol. The molecule has 1 heterocycles. The van der Waals surface area contributed by atoms with Crippen LogP contribution in [0.5, 0.6) is 5.75 Å². The Balaban J connectivity index is 1.79. The average Bonchev–Trinajstić information content (AvgIpc) is 3.03. The predicted molar refractivity (Wildman–Crippen MR) is 97.1 cm³/mol. The van der Waals surface area contributed by atoms with E-state index in [1.54, 1.807) is 23.7 Å². The lowest BCUT2D eigenvalue weighted by atomic mass is 10.2. The molecule has 0 fully saturated rings. The normalized spacial score (nSPS) is 10.5. The molecule has 5 nitrogen and oxygen atoms in total. The van der Waals surface area contributed by atoms with Crippen LogP contribution in [-0.4, -0.2) is 34.7 Å². The van der Waals surface area contributed by atoms with Crippen molar-refractivity contribution in [1.82, 2.24) is 14.7 Å². The molecule has 3 rings (SSSR count). The Morgan fingerprint density at radius 1 is 1.12 bits per heavy atom. The van der Waals surface area contributed by atoms with Gasteiger partial charge in [-0.25, -0.2) is 4.68 Å². The van der Waals surface area contributed by atoms with Crippen LogP contribution >= 0.6 is 0 Å². The molecule has 0 saturated carbocycles. The number of hydrogen-bond acceptors (Lipinski definition) is 3. The average molecular weight is 335 g/mol. The second kappa shape index (κ2) is 7.21. The Kier molecular flexibility index (Phi) is 4.84. The van der Waals surface area contributed by atoms with E-state index >= 15 is 0 Å². The number of aromatic nitrogens is 2. The van der Waals surface area contributed by atoms with Crippen LogP contribution in [-0.2, 0) is 6.54 Å². The molecule has 0 aliphatic heterocycles. The van der Waals surface area contributed by atoms with E-state index < -0.39 is 0 Å². The summed E-state index contributed by atoms with van der Waals surface area (Å²) in [5.74, 6) is 0.687. The number of aryl methyl sites for hydroxylation is 1. The number of rotatable bonds is 5. The van der Waals surface area contributed by atoms with Crippen molar-refractivity contribution in [2.24, 2.45) is 0 Å². The smallest absolute Gasteiger partial charge is 0.274 e. The van der Waals surface area contributed by atoms with Crippen LogP contribution in [0, 0.1) is 6.92 Å². The largest absolute Gasteiger partial charge is 0.497 e. The third-order valence-electron chi connectivity index (χ3n) is 4.03. The summed E-state index contributed by atoms with van der Waals surface area (Å²) in [6, 6.07) is 19.3. The summed E-state index contributed by atoms with van der Waals surface area (Å²) in [6.45, 7) is 2.49. The van der Waals surface area contributed by atoms with Crippen molar-refractivity contribution in [1.29, 1.82) is 0 Å². The topological polar surface area (TPSA) is 47.4 Å². The highest BCUT2D eigenvalue weighted by atomic mass is 16.5. The molecule has 1 aromatic heterocycles. The zero-order valence-corrected chi connectivity index (χ0v) is 14.6. The van der Waals surface area contributed by atoms with Crippen LogP contribution in [0.3, 0.4) is 0 Å². The molecule has 3 aromatic rings. The van der Waals surface area contributed by atoms with Gasteiger partial charge in [-0.2, -0.15) is 5.10 Å². The van der Waals surface area contributed by atoms with Gasteiger partial charge in [-0.15, -0.1) is 0 Å². The van der Waals surface area contributed by atoms with Gasteiger partial charge in [0, 0.05) is 19.3 Å². The summed E-state index contributed by atoms with van der Waals surface area (Å²) in [4.78, 5) is 14.4. The maximum atomic E-state index is 12.7. The zero-order valence-electron chi connectivity index (χ0n) is 14.6. The fourth-order valence-electron chi connectivity index (χ4n) is 2.69. The fraction of sp³-hybridized carbons (Fsp3) is 0.200. The number of carbonyl (C=O) groups is 1. The van der Waals surface area contributed by atoms with Crippen molar-refractivity contribution in [2.45, 2.75) is 13.5 Å². The van der Waals surface area contributed by atoms with Gasteiger partial charge in [0.05, 0.1) is 12.8 Å². The number of methoxy groups -OCH3 is 1. The van der Waals surface area contributed by atoms with Gasteiger partial charge >= 0.3 is 0 Å². The van der Waals surface area contributed by atoms with E-state index in [-0.39, 0.29) is 5.91 Å². The van der Waals surface area contributed by atoms with E-state index in [1.165, 1.54) is 0 Å². The van der Waals surface area contributed by atoms with E-state index in [4.69, 9.17) is 4.74 Å². The van der Waals surface area contributed by atoms with Crippen LogP contribution in [0.4, 0.5) is 0 Å². The van der Waals surface area contributed by atoms with Gasteiger partial charge in [-0.3, -0.25) is 4.79 Å². The van der Waals surface area contributed by atoms with E-state index in [0.29, 0.717) is 12.2 Å². The first kappa shape index (κ1) is 16.8. The molecule has 0 bridgehead atoms. The third kappa shape index (κ3) is 3.71. The molecule has 2 aromatic carbocycles. The van der Waals surface area contributed by atoms with Gasteiger partial charge in [0.2, 0.25) is 0 Å². The Hall–Kier alpha value is -3.08. The summed E-state index contributed by atoms with van der Waals surface area (Å²) in [5.41, 5.74) is 3.32. The number of ether oxygens (including phenoxy) is 1. The van der Waals surface area contributed by atoms with Crippen molar-refractivity contribution in [2.75, 3.05) is 14.2 Å². The van der Waals surface area contributed by atoms with Crippen molar-refractivity contribution in [3.05, 3.63) is 77.6 Å². The highest BCUT2D eigenvalue weighted by Crippen LogP contribution is 2.17. The number of nitrogens with zero attached hydrogens (tertiary/aromatic N) is 3. The number of benzene rings is 2. The Labute approximate surface area is 147 Å². The number of amides is 1. The molecule has 128 valence electrons. The molecular weight excluding hydrogens is 314 g/mol. The standard InChI is InChI=1S/C20H21N3O2/c1-15-13-19(20(24)22(2)14-16-7-5-4-6-8-16)21-23(15)17-9-11-18(25-3)12-10-17/h4-13H,14H2,1-3H3. The maximum absolute atomic E-state index is 12.7. The Morgan fingerprint density at radius 2 is 1.80 bits per heavy atom. The summed E-state index contributed by atoms with van der Waals surface area (Å²) >= 11 is 0. The number of hydrogen-bond donors (Lipinski definition) is 0. The van der Waals surface area contributed by atoms with E-state index in [1.807, 2.05) is 67.6 Å². The first-order chi connectivity index (χ1) is 12.1. The minimum atomic E-state index is -0.0979. The molecule has 0 radical (unpaired) electrons. The summed E-state index contributed by atoms with van der Waals surface area (Å²) < 4.78 is 6.94. The van der Waals surface area contributed by atoms with Crippen LogP contribution in [0.15, 0.2) is 60.7 Å². The van der Waals surface area contributed by atoms with Gasteiger partial charge < -0.3 is 9.64 Å². The Bertz CT molecular complexity index is 854. The molecular formula is C20H21N3O2. The molecule has 1 amide bonds. The highest BCUT2D eigenvalue weighted by molar-refractivity contribution is 5.92. The molecule has 0 aliphatic rings. The lowest BCUT2D eigenvalue weighted by Crippen LogP contribution is -2.26. The van der Waals surface area contributed by atoms with Crippen LogP contribution in [0.1, 0.15) is 21.7 Å². The van der Waals surface area contributed by atoms with Crippen LogP contribution in [0.2, 0.25) is 0 Å². The summed E-state index contributed by atoms with van der Waals surface area (Å²) in [7, 11) is 3.42. The fourth-order valence-corrected chi connectivity index (χ4v) is 2.69. The number of carbonyl (C=O) groups excluding carboxylic acids is 1. The van der Waals surface area contributed by atoms with Gasteiger partial charge in [0.25, 0.3) is 5.91 Å². The highest BCUT2D eigenvalue weighted by Gasteiger charge is 2.17. The van der Waals surface area contributed by atoms with E-state index in [9.17, 15) is 4.79 Å². The van der Waals surface area contributed by atoms with Crippen molar-refractivity contribution in [3.63, 3.8) is 0 Å². The molecule has 0 spiro atoms. The lowest BCUT2D eigenvalue weighted by molar-refractivity contribution is 0.0779. The molecule has 0 saturated heterocycles. The first-order valence-electron chi connectivity index (χ1n) is 8.09. The zero-order chi connectivity index (χ0) is 17.8. The minimum absolute atomic E-state index is 0.0979. The molecule has 0 N–H and O–H groups in total. The third-order valence-corrected chi connectivity index (χ3v) is 4.03. The molecule has 0 aliphatic carbocycles. The van der Waals surface area contributed by atoms with Gasteiger partial charge in [-0.1, -0.05) is 30.3 Å². The van der Waals surface area contributed by atoms with Gasteiger partial charge in [-0.05, 0) is 42.8 Å². The van der Waals surface area contributed by atoms with E-state index in [0.717, 1.165) is 22.7 Å². The molecule has 5 heteroatoms. The van der Waals surface area contributed by atoms with Crippen LogP contribution in [0.25, 0.3) is 5.69 Å². The second-order valence-corrected chi connectivity index (χ2v) is 5.93. The quantitative estimate of drug-likeness (QED) is 0.717. The van der Waals surface area contributed by atoms with Gasteiger partial charge in [0.15, 0.2) is 5.69 Å². The second-order valence-electron chi connectivity index (χ2n) is 5.93. The van der Waals surface area contributed by atoms with E-state index in [2.05, 4.69) is 5.10 Å². The van der Waals surface area contributed by atoms with Crippen molar-refractivity contribution in [3.8, 4) is 11.4 Å². The first-order valence-corrected chi connectivity index (χ1v) is 8.09. The summed E-state index contributed by atoms with van der Waals surface area (Å²) in [6.07, 6.45) is 0. The van der Waals surface area contributed by atoms with Crippen molar-refractivity contribution >= 4 is 5.91 Å². The molecule has 0 atom stereocenters. The molecule has 0 unspecified atom stereocenters. The maximum Gasteiger partial charge on any atom is 0.274 e. The summed E-state index contributed by atoms with van der Waals surface area (Å²) in [5, 5.41) is 4.48.